The maximum atomic E-state index is 13.2. The normalized spacial score (nSPS) is 12.3. The van der Waals surface area contributed by atoms with Crippen LogP contribution in [0.15, 0.2) is 60.7 Å². The van der Waals surface area contributed by atoms with Crippen LogP contribution >= 0.6 is 11.8 Å². The maximum Gasteiger partial charge on any atom is 0.243 e. The summed E-state index contributed by atoms with van der Waals surface area (Å²) in [6, 6.07) is 19.7. The number of amides is 2. The second-order valence-electron chi connectivity index (χ2n) is 8.46. The fourth-order valence-corrected chi connectivity index (χ4v) is 4.11. The number of carbonyl (C=O) groups is 2. The molecular formula is C25H34N2O2S. The predicted octanol–water partition coefficient (Wildman–Crippen LogP) is 5.03. The third-order valence-corrected chi connectivity index (χ3v) is 5.68. The lowest BCUT2D eigenvalue weighted by atomic mass is 10.1. The highest BCUT2D eigenvalue weighted by Crippen LogP contribution is 2.18. The van der Waals surface area contributed by atoms with Gasteiger partial charge in [-0.1, -0.05) is 67.6 Å². The summed E-state index contributed by atoms with van der Waals surface area (Å²) in [5.41, 5.74) is 1.95. The summed E-state index contributed by atoms with van der Waals surface area (Å²) in [4.78, 5) is 27.8. The molecule has 2 amide bonds. The zero-order chi connectivity index (χ0) is 22.0. The van der Waals surface area contributed by atoms with E-state index in [1.807, 2.05) is 76.2 Å². The van der Waals surface area contributed by atoms with Crippen LogP contribution in [0.4, 0.5) is 0 Å². The first-order valence-electron chi connectivity index (χ1n) is 10.6. The van der Waals surface area contributed by atoms with Crippen LogP contribution < -0.4 is 5.32 Å². The van der Waals surface area contributed by atoms with Gasteiger partial charge in [0, 0.05) is 30.0 Å². The molecule has 4 nitrogen and oxygen atoms in total. The van der Waals surface area contributed by atoms with E-state index in [0.717, 1.165) is 17.1 Å². The summed E-state index contributed by atoms with van der Waals surface area (Å²) in [6.45, 7) is 8.28. The smallest absolute Gasteiger partial charge is 0.243 e. The Bertz CT molecular complexity index is 788. The second kappa shape index (κ2) is 11.8. The molecule has 2 aromatic rings. The van der Waals surface area contributed by atoms with E-state index in [4.69, 9.17) is 0 Å². The van der Waals surface area contributed by atoms with Crippen LogP contribution in [0.1, 0.15) is 51.7 Å². The van der Waals surface area contributed by atoms with Gasteiger partial charge in [0.2, 0.25) is 11.8 Å². The van der Waals surface area contributed by atoms with Gasteiger partial charge in [0.25, 0.3) is 0 Å². The number of hydrogen-bond donors (Lipinski definition) is 1. The lowest BCUT2D eigenvalue weighted by Gasteiger charge is -2.33. The van der Waals surface area contributed by atoms with E-state index in [1.54, 1.807) is 16.7 Å². The van der Waals surface area contributed by atoms with Crippen molar-refractivity contribution >= 4 is 23.6 Å². The number of hydrogen-bond acceptors (Lipinski definition) is 3. The summed E-state index contributed by atoms with van der Waals surface area (Å²) in [5.74, 6) is 1.55. The Hall–Kier alpha value is -2.27. The van der Waals surface area contributed by atoms with E-state index in [0.29, 0.717) is 19.4 Å². The fourth-order valence-electron chi connectivity index (χ4n) is 3.22. The van der Waals surface area contributed by atoms with Crippen molar-refractivity contribution in [2.75, 3.05) is 5.75 Å². The van der Waals surface area contributed by atoms with E-state index < -0.39 is 6.04 Å². The summed E-state index contributed by atoms with van der Waals surface area (Å²) in [5, 5.41) is 3.04. The third kappa shape index (κ3) is 8.23. The molecule has 0 fully saturated rings. The van der Waals surface area contributed by atoms with Crippen LogP contribution in [-0.4, -0.2) is 34.0 Å². The van der Waals surface area contributed by atoms with Crippen molar-refractivity contribution in [2.24, 2.45) is 0 Å². The molecule has 0 bridgehead atoms. The molecule has 0 aromatic heterocycles. The molecule has 0 spiro atoms. The molecule has 1 unspecified atom stereocenters. The molecule has 162 valence electrons. The molecule has 0 saturated carbocycles. The number of rotatable bonds is 10. The first-order valence-corrected chi connectivity index (χ1v) is 11.7. The van der Waals surface area contributed by atoms with Crippen molar-refractivity contribution in [3.63, 3.8) is 0 Å². The quantitative estimate of drug-likeness (QED) is 0.542. The van der Waals surface area contributed by atoms with Crippen molar-refractivity contribution in [3.05, 3.63) is 71.8 Å². The molecule has 2 aromatic carbocycles. The van der Waals surface area contributed by atoms with Gasteiger partial charge in [0.1, 0.15) is 6.04 Å². The molecule has 0 aliphatic rings. The van der Waals surface area contributed by atoms with E-state index in [2.05, 4.69) is 17.4 Å². The summed E-state index contributed by atoms with van der Waals surface area (Å²) < 4.78 is 0. The molecule has 1 atom stereocenters. The van der Waals surface area contributed by atoms with E-state index in [9.17, 15) is 9.59 Å². The van der Waals surface area contributed by atoms with Gasteiger partial charge in [-0.15, -0.1) is 0 Å². The average Bonchev–Trinajstić information content (AvgIpc) is 2.71. The topological polar surface area (TPSA) is 49.4 Å². The third-order valence-electron chi connectivity index (χ3n) is 4.65. The van der Waals surface area contributed by atoms with Crippen LogP contribution in [0.3, 0.4) is 0 Å². The molecule has 0 aliphatic heterocycles. The average molecular weight is 427 g/mol. The van der Waals surface area contributed by atoms with Crippen LogP contribution in [0, 0.1) is 0 Å². The van der Waals surface area contributed by atoms with Gasteiger partial charge < -0.3 is 10.2 Å². The maximum absolute atomic E-state index is 13.2. The summed E-state index contributed by atoms with van der Waals surface area (Å²) >= 11 is 1.75. The zero-order valence-electron chi connectivity index (χ0n) is 18.6. The number of benzene rings is 2. The van der Waals surface area contributed by atoms with E-state index in [-0.39, 0.29) is 17.4 Å². The highest BCUT2D eigenvalue weighted by Gasteiger charge is 2.30. The monoisotopic (exact) mass is 426 g/mol. The zero-order valence-corrected chi connectivity index (χ0v) is 19.4. The molecule has 2 rings (SSSR count). The van der Waals surface area contributed by atoms with Crippen molar-refractivity contribution in [1.29, 1.82) is 0 Å². The Morgan fingerprint density at radius 2 is 1.53 bits per heavy atom. The Morgan fingerprint density at radius 3 is 2.07 bits per heavy atom. The van der Waals surface area contributed by atoms with Crippen molar-refractivity contribution < 1.29 is 9.59 Å². The lowest BCUT2D eigenvalue weighted by Crippen LogP contribution is -2.53. The molecule has 0 radical (unpaired) electrons. The first kappa shape index (κ1) is 24.0. The largest absolute Gasteiger partial charge is 0.350 e. The van der Waals surface area contributed by atoms with Gasteiger partial charge in [-0.3, -0.25) is 9.59 Å². The van der Waals surface area contributed by atoms with E-state index in [1.165, 1.54) is 5.56 Å². The molecular weight excluding hydrogens is 392 g/mol. The predicted molar refractivity (Wildman–Crippen MR) is 126 cm³/mol. The second-order valence-corrected chi connectivity index (χ2v) is 9.56. The fraction of sp³-hybridized carbons (Fsp3) is 0.440. The lowest BCUT2D eigenvalue weighted by molar-refractivity contribution is -0.141. The van der Waals surface area contributed by atoms with Crippen LogP contribution in [0.25, 0.3) is 0 Å². The highest BCUT2D eigenvalue weighted by atomic mass is 32.2. The van der Waals surface area contributed by atoms with Crippen LogP contribution in [0.5, 0.6) is 0 Å². The molecule has 0 saturated heterocycles. The number of thioether (sulfide) groups is 1. The van der Waals surface area contributed by atoms with E-state index >= 15 is 0 Å². The Labute approximate surface area is 185 Å². The van der Waals surface area contributed by atoms with Crippen LogP contribution in [-0.2, 0) is 21.9 Å². The Morgan fingerprint density at radius 1 is 0.967 bits per heavy atom. The number of nitrogens with one attached hydrogen (secondary N) is 1. The Kier molecular flexibility index (Phi) is 9.44. The van der Waals surface area contributed by atoms with Crippen LogP contribution in [0.2, 0.25) is 0 Å². The molecule has 30 heavy (non-hydrogen) atoms. The van der Waals surface area contributed by atoms with Gasteiger partial charge >= 0.3 is 0 Å². The molecule has 0 heterocycles. The minimum Gasteiger partial charge on any atom is -0.350 e. The SMILES string of the molecule is CCC(C(=O)NC(C)(C)C)N(Cc1ccccc1)C(=O)CCSCc1ccccc1. The van der Waals surface area contributed by atoms with Crippen molar-refractivity contribution in [1.82, 2.24) is 10.2 Å². The van der Waals surface area contributed by atoms with Gasteiger partial charge in [0.15, 0.2) is 0 Å². The summed E-state index contributed by atoms with van der Waals surface area (Å²) in [7, 11) is 0. The highest BCUT2D eigenvalue weighted by molar-refractivity contribution is 7.98. The first-order chi connectivity index (χ1) is 14.3. The number of nitrogens with zero attached hydrogens (tertiary/aromatic N) is 1. The van der Waals surface area contributed by atoms with Gasteiger partial charge in [0.05, 0.1) is 0 Å². The molecule has 1 N–H and O–H groups in total. The minimum atomic E-state index is -0.476. The minimum absolute atomic E-state index is 0.0234. The van der Waals surface area contributed by atoms with Gasteiger partial charge in [-0.2, -0.15) is 11.8 Å². The van der Waals surface area contributed by atoms with Crippen molar-refractivity contribution in [2.45, 2.75) is 64.4 Å². The molecule has 0 aliphatic carbocycles. The standard InChI is InChI=1S/C25H34N2O2S/c1-5-22(24(29)26-25(2,3)4)27(18-20-12-8-6-9-13-20)23(28)16-17-30-19-21-14-10-7-11-15-21/h6-15,22H,5,16-19H2,1-4H3,(H,26,29). The van der Waals surface area contributed by atoms with Gasteiger partial charge in [-0.25, -0.2) is 0 Å². The van der Waals surface area contributed by atoms with Gasteiger partial charge in [-0.05, 0) is 38.3 Å². The Balaban J connectivity index is 2.05. The number of carbonyl (C=O) groups excluding carboxylic acids is 2. The van der Waals surface area contributed by atoms with Crippen molar-refractivity contribution in [3.8, 4) is 0 Å². The summed E-state index contributed by atoms with van der Waals surface area (Å²) in [6.07, 6.45) is 1.00. The molecule has 5 heteroatoms.